The number of hydrogen-bond acceptors (Lipinski definition) is 4. The molecule has 0 aliphatic rings. The number of halogens is 2. The Morgan fingerprint density at radius 1 is 1.18 bits per heavy atom. The summed E-state index contributed by atoms with van der Waals surface area (Å²) in [5.74, 6) is -1.59. The summed E-state index contributed by atoms with van der Waals surface area (Å²) < 4.78 is 32.2. The molecule has 0 atom stereocenters. The van der Waals surface area contributed by atoms with Gasteiger partial charge in [-0.2, -0.15) is 5.10 Å². The SMILES string of the molecule is CC(C)Oc1nc(-c2n[nH]c3cc(F)c(F)cc23)ccc1N. The van der Waals surface area contributed by atoms with E-state index in [0.29, 0.717) is 28.0 Å². The first-order valence-electron chi connectivity index (χ1n) is 6.72. The highest BCUT2D eigenvalue weighted by molar-refractivity contribution is 5.92. The quantitative estimate of drug-likeness (QED) is 0.778. The summed E-state index contributed by atoms with van der Waals surface area (Å²) in [4.78, 5) is 4.31. The van der Waals surface area contributed by atoms with Gasteiger partial charge in [-0.3, -0.25) is 5.10 Å². The Morgan fingerprint density at radius 3 is 2.64 bits per heavy atom. The monoisotopic (exact) mass is 304 g/mol. The van der Waals surface area contributed by atoms with Crippen LogP contribution in [0, 0.1) is 11.6 Å². The number of nitrogen functional groups attached to an aromatic ring is 1. The van der Waals surface area contributed by atoms with Crippen molar-refractivity contribution in [3.05, 3.63) is 35.9 Å². The number of nitrogens with zero attached hydrogens (tertiary/aromatic N) is 2. The van der Waals surface area contributed by atoms with Crippen molar-refractivity contribution in [2.45, 2.75) is 20.0 Å². The molecule has 0 saturated carbocycles. The molecule has 0 amide bonds. The molecular formula is C15H14F2N4O. The van der Waals surface area contributed by atoms with Crippen molar-refractivity contribution < 1.29 is 13.5 Å². The average molecular weight is 304 g/mol. The predicted molar refractivity (Wildman–Crippen MR) is 79.4 cm³/mol. The summed E-state index contributed by atoms with van der Waals surface area (Å²) in [5, 5.41) is 7.18. The Labute approximate surface area is 125 Å². The number of H-pyrrole nitrogens is 1. The van der Waals surface area contributed by atoms with Crippen LogP contribution >= 0.6 is 0 Å². The molecular weight excluding hydrogens is 290 g/mol. The summed E-state index contributed by atoms with van der Waals surface area (Å²) in [6.45, 7) is 3.71. The largest absolute Gasteiger partial charge is 0.473 e. The molecule has 2 heterocycles. The fraction of sp³-hybridized carbons (Fsp3) is 0.200. The minimum absolute atomic E-state index is 0.0903. The molecule has 0 saturated heterocycles. The van der Waals surface area contributed by atoms with Gasteiger partial charge in [0.2, 0.25) is 5.88 Å². The second-order valence-corrected chi connectivity index (χ2v) is 5.14. The van der Waals surface area contributed by atoms with Gasteiger partial charge in [-0.25, -0.2) is 13.8 Å². The van der Waals surface area contributed by atoms with E-state index in [1.54, 1.807) is 12.1 Å². The molecule has 3 rings (SSSR count). The van der Waals surface area contributed by atoms with Crippen molar-refractivity contribution in [1.29, 1.82) is 0 Å². The van der Waals surface area contributed by atoms with Crippen LogP contribution in [0.1, 0.15) is 13.8 Å². The molecule has 0 bridgehead atoms. The van der Waals surface area contributed by atoms with Gasteiger partial charge in [0, 0.05) is 11.5 Å². The van der Waals surface area contributed by atoms with Crippen LogP contribution in [0.15, 0.2) is 24.3 Å². The normalized spacial score (nSPS) is 11.3. The van der Waals surface area contributed by atoms with Crippen LogP contribution in [-0.4, -0.2) is 21.3 Å². The lowest BCUT2D eigenvalue weighted by Gasteiger charge is -2.11. The molecule has 0 radical (unpaired) electrons. The minimum atomic E-state index is -0.941. The molecule has 0 unspecified atom stereocenters. The second-order valence-electron chi connectivity index (χ2n) is 5.14. The molecule has 3 N–H and O–H groups in total. The summed E-state index contributed by atoms with van der Waals surface area (Å²) in [6, 6.07) is 5.44. The maximum Gasteiger partial charge on any atom is 0.238 e. The van der Waals surface area contributed by atoms with Crippen LogP contribution in [0.3, 0.4) is 0 Å². The number of nitrogens with one attached hydrogen (secondary N) is 1. The number of aromatic amines is 1. The topological polar surface area (TPSA) is 76.8 Å². The highest BCUT2D eigenvalue weighted by atomic mass is 19.2. The first-order valence-corrected chi connectivity index (χ1v) is 6.72. The van der Waals surface area contributed by atoms with E-state index in [-0.39, 0.29) is 12.0 Å². The maximum atomic E-state index is 13.5. The van der Waals surface area contributed by atoms with Crippen LogP contribution < -0.4 is 10.5 Å². The Morgan fingerprint density at radius 2 is 1.91 bits per heavy atom. The number of fused-ring (bicyclic) bond motifs is 1. The third-order valence-corrected chi connectivity index (χ3v) is 3.08. The van der Waals surface area contributed by atoms with E-state index < -0.39 is 11.6 Å². The molecule has 0 spiro atoms. The zero-order chi connectivity index (χ0) is 15.9. The number of aromatic nitrogens is 3. The minimum Gasteiger partial charge on any atom is -0.473 e. The van der Waals surface area contributed by atoms with Crippen LogP contribution in [0.4, 0.5) is 14.5 Å². The van der Waals surface area contributed by atoms with Gasteiger partial charge < -0.3 is 10.5 Å². The summed E-state index contributed by atoms with van der Waals surface area (Å²) in [6.07, 6.45) is -0.0903. The third-order valence-electron chi connectivity index (χ3n) is 3.08. The zero-order valence-corrected chi connectivity index (χ0v) is 12.0. The number of hydrogen-bond donors (Lipinski definition) is 2. The lowest BCUT2D eigenvalue weighted by atomic mass is 10.1. The Balaban J connectivity index is 2.13. The average Bonchev–Trinajstić information content (AvgIpc) is 2.84. The van der Waals surface area contributed by atoms with E-state index >= 15 is 0 Å². The molecule has 114 valence electrons. The smallest absolute Gasteiger partial charge is 0.238 e. The number of anilines is 1. The van der Waals surface area contributed by atoms with E-state index in [2.05, 4.69) is 15.2 Å². The first kappa shape index (κ1) is 14.2. The lowest BCUT2D eigenvalue weighted by molar-refractivity contribution is 0.234. The van der Waals surface area contributed by atoms with Crippen molar-refractivity contribution in [3.8, 4) is 17.3 Å². The van der Waals surface area contributed by atoms with Crippen molar-refractivity contribution in [1.82, 2.24) is 15.2 Å². The van der Waals surface area contributed by atoms with E-state index in [4.69, 9.17) is 10.5 Å². The molecule has 3 aromatic rings. The van der Waals surface area contributed by atoms with Gasteiger partial charge in [-0.05, 0) is 32.0 Å². The fourth-order valence-electron chi connectivity index (χ4n) is 2.11. The first-order chi connectivity index (χ1) is 10.5. The van der Waals surface area contributed by atoms with Gasteiger partial charge in [0.05, 0.1) is 23.0 Å². The Kier molecular flexibility index (Phi) is 3.40. The van der Waals surface area contributed by atoms with Gasteiger partial charge >= 0.3 is 0 Å². The fourth-order valence-corrected chi connectivity index (χ4v) is 2.11. The second kappa shape index (κ2) is 5.25. The van der Waals surface area contributed by atoms with Crippen molar-refractivity contribution >= 4 is 16.6 Å². The van der Waals surface area contributed by atoms with E-state index in [9.17, 15) is 8.78 Å². The number of rotatable bonds is 3. The highest BCUT2D eigenvalue weighted by Gasteiger charge is 2.15. The lowest BCUT2D eigenvalue weighted by Crippen LogP contribution is -2.09. The third kappa shape index (κ3) is 2.45. The van der Waals surface area contributed by atoms with Crippen LogP contribution in [-0.2, 0) is 0 Å². The maximum absolute atomic E-state index is 13.5. The van der Waals surface area contributed by atoms with Gasteiger partial charge in [0.25, 0.3) is 0 Å². The van der Waals surface area contributed by atoms with Gasteiger partial charge in [-0.1, -0.05) is 0 Å². The molecule has 2 aromatic heterocycles. The summed E-state index contributed by atoms with van der Waals surface area (Å²) in [5.41, 5.74) is 7.47. The van der Waals surface area contributed by atoms with Gasteiger partial charge in [-0.15, -0.1) is 0 Å². The van der Waals surface area contributed by atoms with Gasteiger partial charge in [0.15, 0.2) is 11.6 Å². The molecule has 5 nitrogen and oxygen atoms in total. The molecule has 0 aliphatic carbocycles. The standard InChI is InChI=1S/C15H14F2N4O/c1-7(2)22-15-11(18)3-4-12(19-15)14-8-5-9(16)10(17)6-13(8)20-21-14/h3-7H,18H2,1-2H3,(H,20,21). The highest BCUT2D eigenvalue weighted by Crippen LogP contribution is 2.30. The van der Waals surface area contributed by atoms with Gasteiger partial charge in [0.1, 0.15) is 5.69 Å². The van der Waals surface area contributed by atoms with Crippen molar-refractivity contribution in [2.24, 2.45) is 0 Å². The van der Waals surface area contributed by atoms with E-state index in [1.165, 1.54) is 0 Å². The molecule has 22 heavy (non-hydrogen) atoms. The van der Waals surface area contributed by atoms with E-state index in [1.807, 2.05) is 13.8 Å². The number of benzene rings is 1. The summed E-state index contributed by atoms with van der Waals surface area (Å²) >= 11 is 0. The molecule has 0 fully saturated rings. The number of pyridine rings is 1. The van der Waals surface area contributed by atoms with Crippen LogP contribution in [0.25, 0.3) is 22.3 Å². The zero-order valence-electron chi connectivity index (χ0n) is 12.0. The number of nitrogens with two attached hydrogens (primary N) is 1. The molecule has 0 aliphatic heterocycles. The predicted octanol–water partition coefficient (Wildman–Crippen LogP) is 3.27. The number of ether oxygens (including phenoxy) is 1. The van der Waals surface area contributed by atoms with Crippen LogP contribution in [0.5, 0.6) is 5.88 Å². The van der Waals surface area contributed by atoms with Crippen molar-refractivity contribution in [2.75, 3.05) is 5.73 Å². The van der Waals surface area contributed by atoms with E-state index in [0.717, 1.165) is 12.1 Å². The molecule has 1 aromatic carbocycles. The van der Waals surface area contributed by atoms with Crippen molar-refractivity contribution in [3.63, 3.8) is 0 Å². The molecule has 7 heteroatoms. The Bertz CT molecular complexity index is 845. The Hall–Kier alpha value is -2.70. The summed E-state index contributed by atoms with van der Waals surface area (Å²) in [7, 11) is 0. The van der Waals surface area contributed by atoms with Crippen LogP contribution in [0.2, 0.25) is 0 Å².